The SMILES string of the molecule is Cc1noc(C)c1CN(C)S(=O)(=O)c1ccc2c(c1)n(C)c(=O)n2C. The van der Waals surface area contributed by atoms with Crippen molar-refractivity contribution < 1.29 is 12.9 Å². The maximum absolute atomic E-state index is 12.9. The normalized spacial score (nSPS) is 12.4. The molecule has 0 atom stereocenters. The number of aromatic nitrogens is 3. The van der Waals surface area contributed by atoms with E-state index in [1.54, 1.807) is 34.0 Å². The first-order valence-electron chi connectivity index (χ1n) is 7.68. The molecule has 0 bridgehead atoms. The third-order valence-corrected chi connectivity index (χ3v) is 6.31. The van der Waals surface area contributed by atoms with E-state index in [0.29, 0.717) is 22.5 Å². The summed E-state index contributed by atoms with van der Waals surface area (Å²) < 4.78 is 35.1. The number of hydrogen-bond acceptors (Lipinski definition) is 5. The van der Waals surface area contributed by atoms with Gasteiger partial charge in [0.05, 0.1) is 21.6 Å². The van der Waals surface area contributed by atoms with E-state index in [0.717, 1.165) is 5.56 Å². The van der Waals surface area contributed by atoms with Gasteiger partial charge in [0.2, 0.25) is 10.0 Å². The zero-order chi connectivity index (χ0) is 18.5. The lowest BCUT2D eigenvalue weighted by Gasteiger charge is -2.17. The Kier molecular flexibility index (Phi) is 4.08. The maximum atomic E-state index is 12.9. The molecular weight excluding hydrogens is 344 g/mol. The zero-order valence-corrected chi connectivity index (χ0v) is 15.6. The smallest absolute Gasteiger partial charge is 0.328 e. The van der Waals surface area contributed by atoms with Crippen LogP contribution in [0.25, 0.3) is 11.0 Å². The predicted molar refractivity (Wildman–Crippen MR) is 92.8 cm³/mol. The summed E-state index contributed by atoms with van der Waals surface area (Å²) in [5.74, 6) is 0.598. The minimum atomic E-state index is -3.72. The van der Waals surface area contributed by atoms with Crippen molar-refractivity contribution in [1.29, 1.82) is 0 Å². The first-order valence-corrected chi connectivity index (χ1v) is 9.12. The lowest BCUT2D eigenvalue weighted by Crippen LogP contribution is -2.27. The Labute approximate surface area is 145 Å². The summed E-state index contributed by atoms with van der Waals surface area (Å²) in [5, 5.41) is 3.85. The lowest BCUT2D eigenvalue weighted by atomic mass is 10.2. The molecule has 0 saturated heterocycles. The van der Waals surface area contributed by atoms with Crippen LogP contribution in [-0.2, 0) is 30.7 Å². The highest BCUT2D eigenvalue weighted by Crippen LogP contribution is 2.23. The predicted octanol–water partition coefficient (Wildman–Crippen LogP) is 1.30. The van der Waals surface area contributed by atoms with Gasteiger partial charge < -0.3 is 4.52 Å². The summed E-state index contributed by atoms with van der Waals surface area (Å²) in [6, 6.07) is 4.68. The quantitative estimate of drug-likeness (QED) is 0.696. The number of aryl methyl sites for hydroxylation is 4. The van der Waals surface area contributed by atoms with E-state index in [1.807, 2.05) is 0 Å². The molecule has 0 spiro atoms. The number of fused-ring (bicyclic) bond motifs is 1. The summed E-state index contributed by atoms with van der Waals surface area (Å²) in [6.07, 6.45) is 0. The Morgan fingerprint density at radius 3 is 2.40 bits per heavy atom. The monoisotopic (exact) mass is 364 g/mol. The molecule has 0 fully saturated rings. The van der Waals surface area contributed by atoms with Crippen LogP contribution in [0.3, 0.4) is 0 Å². The highest BCUT2D eigenvalue weighted by Gasteiger charge is 2.24. The van der Waals surface area contributed by atoms with E-state index < -0.39 is 10.0 Å². The number of imidazole rings is 1. The fraction of sp³-hybridized carbons (Fsp3) is 0.375. The Bertz CT molecular complexity index is 1100. The van der Waals surface area contributed by atoms with Crippen LogP contribution in [0.5, 0.6) is 0 Å². The number of sulfonamides is 1. The highest BCUT2D eigenvalue weighted by molar-refractivity contribution is 7.89. The second-order valence-electron chi connectivity index (χ2n) is 6.11. The molecule has 0 N–H and O–H groups in total. The molecule has 9 heteroatoms. The molecule has 0 amide bonds. The van der Waals surface area contributed by atoms with Gasteiger partial charge in [0.1, 0.15) is 5.76 Å². The summed E-state index contributed by atoms with van der Waals surface area (Å²) in [7, 11) is 1.06. The standard InChI is InChI=1S/C16H20N4O4S/c1-10-13(11(2)24-17-10)9-18(3)25(22,23)12-6-7-14-15(8-12)20(5)16(21)19(14)4/h6-8H,9H2,1-5H3. The van der Waals surface area contributed by atoms with Crippen molar-refractivity contribution >= 4 is 21.1 Å². The molecule has 0 unspecified atom stereocenters. The van der Waals surface area contributed by atoms with Gasteiger partial charge >= 0.3 is 5.69 Å². The third-order valence-electron chi connectivity index (χ3n) is 4.51. The molecular formula is C16H20N4O4S. The number of rotatable bonds is 4. The number of nitrogens with zero attached hydrogens (tertiary/aromatic N) is 4. The highest BCUT2D eigenvalue weighted by atomic mass is 32.2. The Morgan fingerprint density at radius 2 is 1.80 bits per heavy atom. The fourth-order valence-corrected chi connectivity index (χ4v) is 4.02. The van der Waals surface area contributed by atoms with Crippen molar-refractivity contribution in [2.45, 2.75) is 25.3 Å². The van der Waals surface area contributed by atoms with Gasteiger partial charge in [-0.3, -0.25) is 9.13 Å². The van der Waals surface area contributed by atoms with E-state index in [4.69, 9.17) is 4.52 Å². The van der Waals surface area contributed by atoms with Crippen LogP contribution < -0.4 is 5.69 Å². The van der Waals surface area contributed by atoms with Crippen LogP contribution in [0.4, 0.5) is 0 Å². The molecule has 134 valence electrons. The van der Waals surface area contributed by atoms with Gasteiger partial charge in [-0.25, -0.2) is 13.2 Å². The minimum absolute atomic E-state index is 0.135. The van der Waals surface area contributed by atoms with Gasteiger partial charge in [0.25, 0.3) is 0 Å². The average Bonchev–Trinajstić information content (AvgIpc) is 3.00. The van der Waals surface area contributed by atoms with Crippen LogP contribution in [0.15, 0.2) is 32.4 Å². The minimum Gasteiger partial charge on any atom is -0.361 e. The van der Waals surface area contributed by atoms with E-state index in [1.165, 1.54) is 32.6 Å². The maximum Gasteiger partial charge on any atom is 0.328 e. The Balaban J connectivity index is 2.03. The zero-order valence-electron chi connectivity index (χ0n) is 14.8. The second-order valence-corrected chi connectivity index (χ2v) is 8.16. The molecule has 2 aromatic heterocycles. The van der Waals surface area contributed by atoms with Crippen LogP contribution >= 0.6 is 0 Å². The molecule has 3 rings (SSSR count). The van der Waals surface area contributed by atoms with Crippen molar-refractivity contribution in [2.24, 2.45) is 14.1 Å². The van der Waals surface area contributed by atoms with Gasteiger partial charge in [0, 0.05) is 33.3 Å². The first kappa shape index (κ1) is 17.4. The van der Waals surface area contributed by atoms with Crippen molar-refractivity contribution in [3.63, 3.8) is 0 Å². The molecule has 3 aromatic rings. The largest absolute Gasteiger partial charge is 0.361 e. The van der Waals surface area contributed by atoms with Crippen LogP contribution in [0.1, 0.15) is 17.0 Å². The molecule has 25 heavy (non-hydrogen) atoms. The van der Waals surface area contributed by atoms with E-state index in [9.17, 15) is 13.2 Å². The molecule has 0 radical (unpaired) electrons. The molecule has 8 nitrogen and oxygen atoms in total. The third kappa shape index (κ3) is 2.69. The molecule has 0 saturated carbocycles. The van der Waals surface area contributed by atoms with Gasteiger partial charge in [-0.15, -0.1) is 0 Å². The molecule has 0 aliphatic rings. The Morgan fingerprint density at radius 1 is 1.16 bits per heavy atom. The van der Waals surface area contributed by atoms with Crippen LogP contribution in [0, 0.1) is 13.8 Å². The van der Waals surface area contributed by atoms with Gasteiger partial charge in [-0.1, -0.05) is 5.16 Å². The van der Waals surface area contributed by atoms with E-state index >= 15 is 0 Å². The van der Waals surface area contributed by atoms with Gasteiger partial charge in [0.15, 0.2) is 0 Å². The van der Waals surface area contributed by atoms with Crippen molar-refractivity contribution in [3.05, 3.63) is 45.7 Å². The number of hydrogen-bond donors (Lipinski definition) is 0. The van der Waals surface area contributed by atoms with Crippen LogP contribution in [-0.4, -0.2) is 34.1 Å². The number of benzene rings is 1. The summed E-state index contributed by atoms with van der Waals surface area (Å²) >= 11 is 0. The van der Waals surface area contributed by atoms with Gasteiger partial charge in [-0.05, 0) is 32.0 Å². The van der Waals surface area contributed by atoms with Crippen molar-refractivity contribution in [1.82, 2.24) is 18.6 Å². The average molecular weight is 364 g/mol. The molecule has 2 heterocycles. The van der Waals surface area contributed by atoms with Gasteiger partial charge in [-0.2, -0.15) is 4.31 Å². The summed E-state index contributed by atoms with van der Waals surface area (Å²) in [4.78, 5) is 12.2. The fourth-order valence-electron chi connectivity index (χ4n) is 2.86. The van der Waals surface area contributed by atoms with Crippen molar-refractivity contribution in [3.8, 4) is 0 Å². The van der Waals surface area contributed by atoms with E-state index in [2.05, 4.69) is 5.16 Å². The Hall–Kier alpha value is -2.39. The lowest BCUT2D eigenvalue weighted by molar-refractivity contribution is 0.390. The molecule has 0 aliphatic carbocycles. The molecule has 1 aromatic carbocycles. The molecule has 0 aliphatic heterocycles. The van der Waals surface area contributed by atoms with E-state index in [-0.39, 0.29) is 17.1 Å². The second kappa shape index (κ2) is 5.85. The van der Waals surface area contributed by atoms with Crippen LogP contribution in [0.2, 0.25) is 0 Å². The summed E-state index contributed by atoms with van der Waals surface area (Å²) in [5.41, 5.74) is 2.47. The van der Waals surface area contributed by atoms with Crippen molar-refractivity contribution in [2.75, 3.05) is 7.05 Å². The first-order chi connectivity index (χ1) is 11.6. The topological polar surface area (TPSA) is 90.3 Å². The summed E-state index contributed by atoms with van der Waals surface area (Å²) in [6.45, 7) is 3.69.